The number of benzene rings is 7. The third-order valence-electron chi connectivity index (χ3n) is 9.77. The number of fused-ring (bicyclic) bond motifs is 10. The van der Waals surface area contributed by atoms with Crippen molar-refractivity contribution in [1.82, 2.24) is 9.13 Å². The number of nitrogens with zero attached hydrogens (tertiary/aromatic N) is 4. The summed E-state index contributed by atoms with van der Waals surface area (Å²) in [5.74, 6) is 0. The Morgan fingerprint density at radius 1 is 0.429 bits per heavy atom. The number of hydrogen-bond acceptors (Lipinski definition) is 3. The molecule has 0 spiro atoms. The van der Waals surface area contributed by atoms with E-state index in [0.29, 0.717) is 11.1 Å². The van der Waals surface area contributed by atoms with Gasteiger partial charge < -0.3 is 13.6 Å². The van der Waals surface area contributed by atoms with Crippen molar-refractivity contribution in [2.45, 2.75) is 0 Å². The molecule has 10 aromatic rings. The summed E-state index contributed by atoms with van der Waals surface area (Å²) in [6.07, 6.45) is 0. The summed E-state index contributed by atoms with van der Waals surface area (Å²) < 4.78 is 11.5. The highest BCUT2D eigenvalue weighted by Gasteiger charge is 2.22. The molecule has 0 N–H and O–H groups in total. The van der Waals surface area contributed by atoms with Crippen LogP contribution in [-0.2, 0) is 0 Å². The van der Waals surface area contributed by atoms with E-state index in [1.54, 1.807) is 0 Å². The van der Waals surface area contributed by atoms with E-state index >= 15 is 0 Å². The van der Waals surface area contributed by atoms with Crippen LogP contribution in [0.4, 0.5) is 0 Å². The van der Waals surface area contributed by atoms with E-state index in [0.717, 1.165) is 88.1 Å². The van der Waals surface area contributed by atoms with E-state index < -0.39 is 0 Å². The van der Waals surface area contributed by atoms with Crippen molar-refractivity contribution in [3.05, 3.63) is 157 Å². The third-order valence-corrected chi connectivity index (χ3v) is 9.77. The second kappa shape index (κ2) is 10.2. The first-order valence-corrected chi connectivity index (χ1v) is 16.1. The zero-order valence-electron chi connectivity index (χ0n) is 26.1. The van der Waals surface area contributed by atoms with Gasteiger partial charge in [-0.3, -0.25) is 0 Å². The molecule has 0 fully saturated rings. The van der Waals surface area contributed by atoms with Crippen molar-refractivity contribution >= 4 is 65.6 Å². The van der Waals surface area contributed by atoms with Crippen molar-refractivity contribution in [2.24, 2.45) is 0 Å². The smallest absolute Gasteiger partial charge is 0.145 e. The van der Waals surface area contributed by atoms with E-state index in [1.807, 2.05) is 54.6 Å². The molecule has 226 valence electrons. The monoisotopic (exact) mass is 624 g/mol. The zero-order valence-corrected chi connectivity index (χ0v) is 26.1. The fourth-order valence-corrected chi connectivity index (χ4v) is 7.69. The highest BCUT2D eigenvalue weighted by molar-refractivity contribution is 6.25. The number of rotatable bonds is 3. The molecule has 5 heteroatoms. The predicted molar refractivity (Wildman–Crippen MR) is 197 cm³/mol. The maximum atomic E-state index is 10.1. The molecule has 0 atom stereocenters. The van der Waals surface area contributed by atoms with Gasteiger partial charge >= 0.3 is 0 Å². The van der Waals surface area contributed by atoms with Gasteiger partial charge in [0.25, 0.3) is 0 Å². The minimum atomic E-state index is 0.563. The Morgan fingerprint density at radius 2 is 1.06 bits per heavy atom. The van der Waals surface area contributed by atoms with E-state index in [9.17, 15) is 10.5 Å². The summed E-state index contributed by atoms with van der Waals surface area (Å²) in [5, 5.41) is 26.1. The molecule has 49 heavy (non-hydrogen) atoms. The van der Waals surface area contributed by atoms with Crippen LogP contribution < -0.4 is 0 Å². The van der Waals surface area contributed by atoms with Crippen LogP contribution >= 0.6 is 0 Å². The average Bonchev–Trinajstić information content (AvgIpc) is 3.82. The summed E-state index contributed by atoms with van der Waals surface area (Å²) in [6, 6.07) is 54.1. The second-order valence-electron chi connectivity index (χ2n) is 12.3. The molecule has 5 nitrogen and oxygen atoms in total. The van der Waals surface area contributed by atoms with Crippen LogP contribution in [0.2, 0.25) is 0 Å². The van der Waals surface area contributed by atoms with Crippen molar-refractivity contribution < 1.29 is 4.42 Å². The molecule has 0 saturated carbocycles. The molecule has 7 aromatic carbocycles. The van der Waals surface area contributed by atoms with Gasteiger partial charge in [-0.05, 0) is 72.8 Å². The summed E-state index contributed by atoms with van der Waals surface area (Å²) in [6.45, 7) is 0. The summed E-state index contributed by atoms with van der Waals surface area (Å²) in [4.78, 5) is 0. The molecule has 3 aromatic heterocycles. The summed E-state index contributed by atoms with van der Waals surface area (Å²) in [5.41, 5.74) is 10.8. The second-order valence-corrected chi connectivity index (χ2v) is 12.3. The Kier molecular flexibility index (Phi) is 5.64. The molecular formula is C44H24N4O. The number of para-hydroxylation sites is 4. The molecule has 0 saturated heterocycles. The van der Waals surface area contributed by atoms with E-state index in [1.165, 1.54) is 0 Å². The molecule has 0 radical (unpaired) electrons. The first-order chi connectivity index (χ1) is 24.2. The van der Waals surface area contributed by atoms with Crippen LogP contribution in [0, 0.1) is 22.7 Å². The van der Waals surface area contributed by atoms with Crippen molar-refractivity contribution in [2.75, 3.05) is 0 Å². The molecular weight excluding hydrogens is 601 g/mol. The van der Waals surface area contributed by atoms with Crippen molar-refractivity contribution in [3.63, 3.8) is 0 Å². The van der Waals surface area contributed by atoms with Gasteiger partial charge in [0.2, 0.25) is 0 Å². The van der Waals surface area contributed by atoms with Gasteiger partial charge in [0.15, 0.2) is 0 Å². The largest absolute Gasteiger partial charge is 0.455 e. The lowest BCUT2D eigenvalue weighted by atomic mass is 9.98. The molecule has 3 heterocycles. The van der Waals surface area contributed by atoms with Crippen LogP contribution in [0.1, 0.15) is 11.1 Å². The Bertz CT molecular complexity index is 3070. The van der Waals surface area contributed by atoms with Crippen LogP contribution in [0.5, 0.6) is 0 Å². The Morgan fingerprint density at radius 3 is 1.88 bits per heavy atom. The van der Waals surface area contributed by atoms with Crippen LogP contribution in [0.15, 0.2) is 150 Å². The lowest BCUT2D eigenvalue weighted by Crippen LogP contribution is -1.98. The van der Waals surface area contributed by atoms with Crippen molar-refractivity contribution in [1.29, 1.82) is 10.5 Å². The SMILES string of the molecule is N#Cc1ccc(-n2c3ccccc3c3cc(C#N)ccc32)c(-c2cccc3c2oc2c3ccc3c2c2ccccc2n3-c2ccccc2)c1. The molecule has 0 aliphatic carbocycles. The average molecular weight is 625 g/mol. The normalized spacial score (nSPS) is 11.6. The molecule has 0 unspecified atom stereocenters. The van der Waals surface area contributed by atoms with Gasteiger partial charge in [0.1, 0.15) is 11.2 Å². The highest BCUT2D eigenvalue weighted by atomic mass is 16.3. The quantitative estimate of drug-likeness (QED) is 0.196. The van der Waals surface area contributed by atoms with Gasteiger partial charge in [-0.1, -0.05) is 72.8 Å². The van der Waals surface area contributed by atoms with E-state index in [-0.39, 0.29) is 0 Å². The number of hydrogen-bond donors (Lipinski definition) is 0. The number of nitriles is 2. The first kappa shape index (κ1) is 27.1. The predicted octanol–water partition coefficient (Wildman–Crippen LogP) is 11.2. The minimum absolute atomic E-state index is 0.563. The van der Waals surface area contributed by atoms with E-state index in [4.69, 9.17) is 4.42 Å². The standard InChI is InChI=1S/C44H24N4O/c45-25-27-17-20-39-35(23-27)30-11-4-6-15-37(30)48(39)40-21-18-28(26-46)24-36(40)32-14-8-13-31-33-19-22-41-42(44(33)49-43(31)32)34-12-5-7-16-38(34)47(41)29-9-2-1-3-10-29/h1-24H. The molecule has 0 amide bonds. The number of aromatic nitrogens is 2. The molecule has 10 rings (SSSR count). The number of furan rings is 1. The van der Waals surface area contributed by atoms with E-state index in [2.05, 4.69) is 112 Å². The lowest BCUT2D eigenvalue weighted by molar-refractivity contribution is 0.674. The Balaban J connectivity index is 1.30. The zero-order chi connectivity index (χ0) is 32.6. The van der Waals surface area contributed by atoms with Gasteiger partial charge in [0, 0.05) is 43.7 Å². The van der Waals surface area contributed by atoms with Gasteiger partial charge in [-0.25, -0.2) is 0 Å². The Hall–Kier alpha value is -7.08. The lowest BCUT2D eigenvalue weighted by Gasteiger charge is -2.15. The summed E-state index contributed by atoms with van der Waals surface area (Å²) >= 11 is 0. The summed E-state index contributed by atoms with van der Waals surface area (Å²) in [7, 11) is 0. The van der Waals surface area contributed by atoms with Crippen LogP contribution in [0.25, 0.3) is 88.1 Å². The van der Waals surface area contributed by atoms with Gasteiger partial charge in [-0.15, -0.1) is 0 Å². The molecule has 0 aliphatic heterocycles. The fourth-order valence-electron chi connectivity index (χ4n) is 7.69. The van der Waals surface area contributed by atoms with Gasteiger partial charge in [-0.2, -0.15) is 10.5 Å². The fraction of sp³-hybridized carbons (Fsp3) is 0. The highest BCUT2D eigenvalue weighted by Crippen LogP contribution is 2.44. The minimum Gasteiger partial charge on any atom is -0.455 e. The Labute approximate surface area is 280 Å². The maximum Gasteiger partial charge on any atom is 0.145 e. The van der Waals surface area contributed by atoms with Gasteiger partial charge in [0.05, 0.1) is 56.4 Å². The molecule has 0 aliphatic rings. The van der Waals surface area contributed by atoms with Crippen molar-refractivity contribution in [3.8, 4) is 34.6 Å². The third kappa shape index (κ3) is 3.79. The molecule has 0 bridgehead atoms. The van der Waals surface area contributed by atoms with Crippen LogP contribution in [0.3, 0.4) is 0 Å². The topological polar surface area (TPSA) is 70.6 Å². The first-order valence-electron chi connectivity index (χ1n) is 16.1. The maximum absolute atomic E-state index is 10.1. The van der Waals surface area contributed by atoms with Crippen LogP contribution in [-0.4, -0.2) is 9.13 Å².